The van der Waals surface area contributed by atoms with Gasteiger partial charge in [0, 0.05) is 12.5 Å². The van der Waals surface area contributed by atoms with E-state index in [-0.39, 0.29) is 5.56 Å². The predicted octanol–water partition coefficient (Wildman–Crippen LogP) is -0.734. The van der Waals surface area contributed by atoms with Crippen LogP contribution in [0.3, 0.4) is 0 Å². The third kappa shape index (κ3) is 6.46. The molecule has 3 amide bonds. The van der Waals surface area contributed by atoms with E-state index < -0.39 is 42.7 Å². The van der Waals surface area contributed by atoms with Crippen molar-refractivity contribution in [1.82, 2.24) is 16.2 Å². The van der Waals surface area contributed by atoms with E-state index in [0.717, 1.165) is 12.1 Å². The molecule has 0 aliphatic rings. The molecule has 0 bridgehead atoms. The van der Waals surface area contributed by atoms with Crippen molar-refractivity contribution in [3.05, 3.63) is 35.6 Å². The standard InChI is InChI=1S/C13H14FN3O5/c1-8(18)16-17-11(19)7-22-12(20)6-15-13(21)9-2-4-10(14)5-3-9/h2-5H,6-7H2,1H3,(H,15,21)(H,16,18)(H,17,19). The molecule has 22 heavy (non-hydrogen) atoms. The quantitative estimate of drug-likeness (QED) is 0.490. The van der Waals surface area contributed by atoms with Gasteiger partial charge in [-0.3, -0.25) is 30.0 Å². The number of ether oxygens (including phenoxy) is 1. The van der Waals surface area contributed by atoms with Crippen LogP contribution in [0.15, 0.2) is 24.3 Å². The number of halogens is 1. The molecule has 8 nitrogen and oxygen atoms in total. The number of carbonyl (C=O) groups excluding carboxylic acids is 4. The lowest BCUT2D eigenvalue weighted by Crippen LogP contribution is -2.43. The molecule has 0 saturated heterocycles. The Labute approximate surface area is 125 Å². The lowest BCUT2D eigenvalue weighted by atomic mass is 10.2. The van der Waals surface area contributed by atoms with Gasteiger partial charge in [-0.2, -0.15) is 0 Å². The average molecular weight is 311 g/mol. The molecule has 0 aliphatic carbocycles. The van der Waals surface area contributed by atoms with Gasteiger partial charge < -0.3 is 10.1 Å². The maximum absolute atomic E-state index is 12.7. The first kappa shape index (κ1) is 17.1. The fourth-order valence-corrected chi connectivity index (χ4v) is 1.25. The van der Waals surface area contributed by atoms with Crippen LogP contribution < -0.4 is 16.2 Å². The summed E-state index contributed by atoms with van der Waals surface area (Å²) in [5, 5.41) is 2.25. The SMILES string of the molecule is CC(=O)NNC(=O)COC(=O)CNC(=O)c1ccc(F)cc1. The Hall–Kier alpha value is -2.97. The number of rotatable bonds is 5. The maximum atomic E-state index is 12.7. The molecule has 0 unspecified atom stereocenters. The number of hydrogen-bond donors (Lipinski definition) is 3. The van der Waals surface area contributed by atoms with Crippen LogP contribution in [-0.2, 0) is 19.1 Å². The third-order valence-electron chi connectivity index (χ3n) is 2.24. The van der Waals surface area contributed by atoms with Crippen molar-refractivity contribution in [1.29, 1.82) is 0 Å². The Morgan fingerprint density at radius 3 is 2.32 bits per heavy atom. The zero-order valence-corrected chi connectivity index (χ0v) is 11.6. The molecule has 1 aromatic rings. The minimum Gasteiger partial charge on any atom is -0.454 e. The van der Waals surface area contributed by atoms with Gasteiger partial charge in [-0.25, -0.2) is 4.39 Å². The van der Waals surface area contributed by atoms with Crippen LogP contribution in [0.25, 0.3) is 0 Å². The van der Waals surface area contributed by atoms with Crippen molar-refractivity contribution in [2.24, 2.45) is 0 Å². The molecule has 0 spiro atoms. The Morgan fingerprint density at radius 2 is 1.73 bits per heavy atom. The third-order valence-corrected chi connectivity index (χ3v) is 2.24. The van der Waals surface area contributed by atoms with Crippen molar-refractivity contribution in [3.8, 4) is 0 Å². The Bertz CT molecular complexity index is 574. The van der Waals surface area contributed by atoms with Gasteiger partial charge in [0.15, 0.2) is 6.61 Å². The molecule has 0 saturated carbocycles. The second-order valence-corrected chi connectivity index (χ2v) is 4.08. The highest BCUT2D eigenvalue weighted by Gasteiger charge is 2.10. The first-order valence-electron chi connectivity index (χ1n) is 6.13. The molecule has 9 heteroatoms. The molecular formula is C13H14FN3O5. The van der Waals surface area contributed by atoms with Gasteiger partial charge in [-0.05, 0) is 24.3 Å². The lowest BCUT2D eigenvalue weighted by molar-refractivity contribution is -0.148. The summed E-state index contributed by atoms with van der Waals surface area (Å²) in [7, 11) is 0. The second kappa shape index (κ2) is 8.35. The molecule has 0 atom stereocenters. The average Bonchev–Trinajstić information content (AvgIpc) is 2.49. The highest BCUT2D eigenvalue weighted by atomic mass is 19.1. The van der Waals surface area contributed by atoms with Crippen LogP contribution in [-0.4, -0.2) is 36.8 Å². The van der Waals surface area contributed by atoms with Crippen molar-refractivity contribution in [2.75, 3.05) is 13.2 Å². The Morgan fingerprint density at radius 1 is 1.09 bits per heavy atom. The summed E-state index contributed by atoms with van der Waals surface area (Å²) >= 11 is 0. The van der Waals surface area contributed by atoms with E-state index >= 15 is 0 Å². The highest BCUT2D eigenvalue weighted by Crippen LogP contribution is 2.02. The van der Waals surface area contributed by atoms with Crippen LogP contribution >= 0.6 is 0 Å². The summed E-state index contributed by atoms with van der Waals surface area (Å²) < 4.78 is 17.2. The summed E-state index contributed by atoms with van der Waals surface area (Å²) in [5.74, 6) is -3.12. The minimum absolute atomic E-state index is 0.178. The van der Waals surface area contributed by atoms with E-state index in [1.807, 2.05) is 10.9 Å². The van der Waals surface area contributed by atoms with E-state index in [1.165, 1.54) is 19.1 Å². The van der Waals surface area contributed by atoms with Crippen LogP contribution in [0, 0.1) is 5.82 Å². The molecule has 0 radical (unpaired) electrons. The van der Waals surface area contributed by atoms with Crippen molar-refractivity contribution < 1.29 is 28.3 Å². The minimum atomic E-state index is -0.839. The molecular weight excluding hydrogens is 297 g/mol. The fourth-order valence-electron chi connectivity index (χ4n) is 1.25. The van der Waals surface area contributed by atoms with Gasteiger partial charge >= 0.3 is 5.97 Å². The van der Waals surface area contributed by atoms with Crippen LogP contribution in [0.1, 0.15) is 17.3 Å². The number of hydrogen-bond acceptors (Lipinski definition) is 5. The topological polar surface area (TPSA) is 114 Å². The largest absolute Gasteiger partial charge is 0.454 e. The maximum Gasteiger partial charge on any atom is 0.325 e. The monoisotopic (exact) mass is 311 g/mol. The van der Waals surface area contributed by atoms with Gasteiger partial charge in [-0.1, -0.05) is 0 Å². The summed E-state index contributed by atoms with van der Waals surface area (Å²) in [6, 6.07) is 4.74. The number of hydrazine groups is 1. The first-order chi connectivity index (χ1) is 10.4. The van der Waals surface area contributed by atoms with Gasteiger partial charge in [0.2, 0.25) is 5.91 Å². The van der Waals surface area contributed by atoms with Crippen molar-refractivity contribution in [3.63, 3.8) is 0 Å². The van der Waals surface area contributed by atoms with Crippen LogP contribution in [0.4, 0.5) is 4.39 Å². The smallest absolute Gasteiger partial charge is 0.325 e. The molecule has 0 aliphatic heterocycles. The number of esters is 1. The van der Waals surface area contributed by atoms with E-state index in [1.54, 1.807) is 0 Å². The van der Waals surface area contributed by atoms with E-state index in [0.29, 0.717) is 0 Å². The number of benzene rings is 1. The van der Waals surface area contributed by atoms with Crippen molar-refractivity contribution in [2.45, 2.75) is 6.92 Å². The zero-order chi connectivity index (χ0) is 16.5. The molecule has 0 aromatic heterocycles. The summed E-state index contributed by atoms with van der Waals surface area (Å²) in [4.78, 5) is 44.6. The number of carbonyl (C=O) groups is 4. The van der Waals surface area contributed by atoms with Crippen LogP contribution in [0.2, 0.25) is 0 Å². The normalized spacial score (nSPS) is 9.55. The van der Waals surface area contributed by atoms with Gasteiger partial charge in [-0.15, -0.1) is 0 Å². The highest BCUT2D eigenvalue weighted by molar-refractivity contribution is 5.96. The van der Waals surface area contributed by atoms with E-state index in [2.05, 4.69) is 10.1 Å². The lowest BCUT2D eigenvalue weighted by Gasteiger charge is -2.07. The summed E-state index contributed by atoms with van der Waals surface area (Å²) in [6.45, 7) is 0.131. The Kier molecular flexibility index (Phi) is 6.48. The molecule has 0 fully saturated rings. The molecule has 3 N–H and O–H groups in total. The summed E-state index contributed by atoms with van der Waals surface area (Å²) in [6.07, 6.45) is 0. The van der Waals surface area contributed by atoms with E-state index in [9.17, 15) is 23.6 Å². The Balaban J connectivity index is 2.28. The van der Waals surface area contributed by atoms with Crippen LogP contribution in [0.5, 0.6) is 0 Å². The van der Waals surface area contributed by atoms with E-state index in [4.69, 9.17) is 0 Å². The van der Waals surface area contributed by atoms with Gasteiger partial charge in [0.25, 0.3) is 11.8 Å². The second-order valence-electron chi connectivity index (χ2n) is 4.08. The molecule has 1 rings (SSSR count). The molecule has 118 valence electrons. The van der Waals surface area contributed by atoms with Gasteiger partial charge in [0.05, 0.1) is 0 Å². The molecule has 0 heterocycles. The van der Waals surface area contributed by atoms with Gasteiger partial charge in [0.1, 0.15) is 12.4 Å². The van der Waals surface area contributed by atoms with Crippen molar-refractivity contribution >= 4 is 23.7 Å². The zero-order valence-electron chi connectivity index (χ0n) is 11.6. The molecule has 1 aromatic carbocycles. The fraction of sp³-hybridized carbons (Fsp3) is 0.231. The summed E-state index contributed by atoms with van der Waals surface area (Å²) in [5.41, 5.74) is 4.19. The first-order valence-corrected chi connectivity index (χ1v) is 6.13. The number of amides is 3. The number of nitrogens with one attached hydrogen (secondary N) is 3. The predicted molar refractivity (Wildman–Crippen MR) is 71.7 cm³/mol.